The number of sulfonamides is 1. The molecule has 1 aromatic heterocycles. The van der Waals surface area contributed by atoms with Gasteiger partial charge in [-0.2, -0.15) is 9.57 Å². The topological polar surface area (TPSA) is 108 Å². The first-order valence-electron chi connectivity index (χ1n) is 6.03. The monoisotopic (exact) mass is 332 g/mol. The first-order chi connectivity index (χ1) is 9.86. The van der Waals surface area contributed by atoms with Crippen LogP contribution in [0.1, 0.15) is 21.7 Å². The molecule has 0 saturated heterocycles. The van der Waals surface area contributed by atoms with Crippen molar-refractivity contribution >= 4 is 27.3 Å². The number of ether oxygens (including phenoxy) is 1. The Hall–Kier alpha value is -1.47. The molecule has 0 aromatic carbocycles. The molecule has 21 heavy (non-hydrogen) atoms. The summed E-state index contributed by atoms with van der Waals surface area (Å²) in [6.45, 7) is 1.77. The van der Waals surface area contributed by atoms with Gasteiger partial charge in [0.1, 0.15) is 9.77 Å². The lowest BCUT2D eigenvalue weighted by Gasteiger charge is -2.21. The molecule has 0 unspecified atom stereocenters. The van der Waals surface area contributed by atoms with Crippen molar-refractivity contribution in [3.63, 3.8) is 0 Å². The molecular weight excluding hydrogens is 316 g/mol. The minimum atomic E-state index is -3.98. The maximum Gasteiger partial charge on any atom is 0.347 e. The number of nitrogens with zero attached hydrogens (tertiary/aromatic N) is 2. The first-order valence-corrected chi connectivity index (χ1v) is 8.35. The number of hydrogen-bond acceptors (Lipinski definition) is 6. The third-order valence-electron chi connectivity index (χ3n) is 2.73. The van der Waals surface area contributed by atoms with E-state index in [0.29, 0.717) is 5.56 Å². The van der Waals surface area contributed by atoms with E-state index in [1.54, 1.807) is 6.92 Å². The Labute approximate surface area is 127 Å². The van der Waals surface area contributed by atoms with Crippen molar-refractivity contribution < 1.29 is 23.1 Å². The number of carboxylic acid groups (broad SMARTS) is 1. The van der Waals surface area contributed by atoms with Gasteiger partial charge in [-0.15, -0.1) is 11.3 Å². The Kier molecular flexibility index (Phi) is 6.29. The van der Waals surface area contributed by atoms with E-state index >= 15 is 0 Å². The van der Waals surface area contributed by atoms with E-state index in [0.717, 1.165) is 15.6 Å². The number of thiophene rings is 1. The molecule has 1 rings (SSSR count). The van der Waals surface area contributed by atoms with Gasteiger partial charge in [-0.05, 0) is 17.9 Å². The van der Waals surface area contributed by atoms with Crippen LogP contribution in [0.3, 0.4) is 0 Å². The molecule has 0 aliphatic carbocycles. The van der Waals surface area contributed by atoms with Gasteiger partial charge in [-0.25, -0.2) is 13.2 Å². The molecular formula is C12H16N2O5S2. The minimum Gasteiger partial charge on any atom is -0.477 e. The van der Waals surface area contributed by atoms with Crippen LogP contribution in [-0.4, -0.2) is 50.6 Å². The Bertz CT molecular complexity index is 645. The van der Waals surface area contributed by atoms with E-state index in [-0.39, 0.29) is 35.9 Å². The van der Waals surface area contributed by atoms with E-state index in [4.69, 9.17) is 15.1 Å². The summed E-state index contributed by atoms with van der Waals surface area (Å²) in [5, 5.41) is 19.3. The van der Waals surface area contributed by atoms with Crippen molar-refractivity contribution in [2.24, 2.45) is 0 Å². The first kappa shape index (κ1) is 17.6. The van der Waals surface area contributed by atoms with Gasteiger partial charge in [0.25, 0.3) is 0 Å². The fraction of sp³-hybridized carbons (Fsp3) is 0.500. The molecule has 0 radical (unpaired) electrons. The van der Waals surface area contributed by atoms with E-state index in [1.165, 1.54) is 12.5 Å². The fourth-order valence-corrected chi connectivity index (χ4v) is 4.76. The lowest BCUT2D eigenvalue weighted by molar-refractivity contribution is 0.0698. The normalized spacial score (nSPS) is 11.5. The van der Waals surface area contributed by atoms with E-state index in [1.807, 2.05) is 6.07 Å². The molecule has 1 N–H and O–H groups in total. The van der Waals surface area contributed by atoms with Crippen LogP contribution >= 0.6 is 11.3 Å². The second-order valence-electron chi connectivity index (χ2n) is 4.19. The lowest BCUT2D eigenvalue weighted by Crippen LogP contribution is -2.35. The maximum atomic E-state index is 12.7. The van der Waals surface area contributed by atoms with Crippen LogP contribution in [0.5, 0.6) is 0 Å². The van der Waals surface area contributed by atoms with E-state index < -0.39 is 16.0 Å². The molecule has 0 atom stereocenters. The van der Waals surface area contributed by atoms with Crippen molar-refractivity contribution in [3.8, 4) is 6.07 Å². The molecule has 0 spiro atoms. The number of aromatic carboxylic acids is 1. The number of methoxy groups -OCH3 is 1. The number of carbonyl (C=O) groups is 1. The zero-order valence-electron chi connectivity index (χ0n) is 11.7. The van der Waals surface area contributed by atoms with Crippen molar-refractivity contribution in [2.45, 2.75) is 18.2 Å². The van der Waals surface area contributed by atoms with Crippen molar-refractivity contribution in [1.29, 1.82) is 5.26 Å². The molecule has 0 bridgehead atoms. The molecule has 116 valence electrons. The van der Waals surface area contributed by atoms with Crippen LogP contribution in [0.15, 0.2) is 10.3 Å². The van der Waals surface area contributed by atoms with Gasteiger partial charge < -0.3 is 9.84 Å². The van der Waals surface area contributed by atoms with E-state index in [9.17, 15) is 13.2 Å². The largest absolute Gasteiger partial charge is 0.477 e. The number of rotatable bonds is 8. The summed E-state index contributed by atoms with van der Waals surface area (Å²) in [7, 11) is -2.54. The SMILES string of the molecule is COCCN(CCC#N)S(=O)(=O)c1c(C)csc1C(=O)O. The fourth-order valence-electron chi connectivity index (χ4n) is 1.75. The standard InChI is InChI=1S/C12H16N2O5S2/c1-9-8-20-10(12(15)16)11(9)21(17,18)14(5-3-4-13)6-7-19-2/h8H,3,5-7H2,1-2H3,(H,15,16). The van der Waals surface area contributed by atoms with E-state index in [2.05, 4.69) is 0 Å². The predicted octanol–water partition coefficient (Wildman–Crippen LogP) is 1.31. The molecule has 7 nitrogen and oxygen atoms in total. The molecule has 0 aliphatic heterocycles. The highest BCUT2D eigenvalue weighted by molar-refractivity contribution is 7.89. The number of carboxylic acids is 1. The number of nitriles is 1. The van der Waals surface area contributed by atoms with Crippen molar-refractivity contribution in [2.75, 3.05) is 26.8 Å². The Morgan fingerprint density at radius 1 is 1.52 bits per heavy atom. The third-order valence-corrected chi connectivity index (χ3v) is 6.03. The summed E-state index contributed by atoms with van der Waals surface area (Å²) < 4.78 is 31.3. The van der Waals surface area contributed by atoms with Crippen LogP contribution in [0.4, 0.5) is 0 Å². The second kappa shape index (κ2) is 7.51. The lowest BCUT2D eigenvalue weighted by atomic mass is 10.3. The Balaban J connectivity index is 3.25. The number of hydrogen-bond donors (Lipinski definition) is 1. The van der Waals surface area contributed by atoms with Crippen molar-refractivity contribution in [1.82, 2.24) is 4.31 Å². The predicted molar refractivity (Wildman–Crippen MR) is 76.9 cm³/mol. The van der Waals surface area contributed by atoms with Gasteiger partial charge >= 0.3 is 5.97 Å². The molecule has 9 heteroatoms. The molecule has 0 fully saturated rings. The highest BCUT2D eigenvalue weighted by Gasteiger charge is 2.31. The second-order valence-corrected chi connectivity index (χ2v) is 6.94. The van der Waals surface area contributed by atoms with Crippen LogP contribution in [-0.2, 0) is 14.8 Å². The smallest absolute Gasteiger partial charge is 0.347 e. The highest BCUT2D eigenvalue weighted by Crippen LogP contribution is 2.29. The van der Waals surface area contributed by atoms with Gasteiger partial charge in [0.05, 0.1) is 12.7 Å². The van der Waals surface area contributed by atoms with Gasteiger partial charge in [0.2, 0.25) is 10.0 Å². The highest BCUT2D eigenvalue weighted by atomic mass is 32.2. The van der Waals surface area contributed by atoms with Gasteiger partial charge in [-0.3, -0.25) is 0 Å². The van der Waals surface area contributed by atoms with Crippen LogP contribution < -0.4 is 0 Å². The summed E-state index contributed by atoms with van der Waals surface area (Å²) in [6.07, 6.45) is 0.0224. The summed E-state index contributed by atoms with van der Waals surface area (Å²) in [4.78, 5) is 10.8. The van der Waals surface area contributed by atoms with Crippen LogP contribution in [0.25, 0.3) is 0 Å². The molecule has 1 aromatic rings. The average Bonchev–Trinajstić information content (AvgIpc) is 2.81. The van der Waals surface area contributed by atoms with Gasteiger partial charge in [0.15, 0.2) is 0 Å². The van der Waals surface area contributed by atoms with Crippen molar-refractivity contribution in [3.05, 3.63) is 15.8 Å². The Morgan fingerprint density at radius 2 is 2.19 bits per heavy atom. The summed E-state index contributed by atoms with van der Waals surface area (Å²) in [6, 6.07) is 1.88. The summed E-state index contributed by atoms with van der Waals surface area (Å²) in [5.41, 5.74) is 0.386. The third kappa shape index (κ3) is 4.01. The molecule has 0 amide bonds. The zero-order chi connectivity index (χ0) is 16.0. The van der Waals surface area contributed by atoms with Crippen LogP contribution in [0.2, 0.25) is 0 Å². The van der Waals surface area contributed by atoms with Crippen LogP contribution in [0, 0.1) is 18.3 Å². The van der Waals surface area contributed by atoms with Gasteiger partial charge in [-0.1, -0.05) is 0 Å². The summed E-state index contributed by atoms with van der Waals surface area (Å²) in [5.74, 6) is -1.28. The minimum absolute atomic E-state index is 0.00343. The van der Waals surface area contributed by atoms with Gasteiger partial charge in [0, 0.05) is 26.6 Å². The summed E-state index contributed by atoms with van der Waals surface area (Å²) >= 11 is 0.875. The quantitative estimate of drug-likeness (QED) is 0.769. The molecule has 0 saturated carbocycles. The molecule has 0 aliphatic rings. The number of aryl methyl sites for hydroxylation is 1. The molecule has 1 heterocycles. The average molecular weight is 332 g/mol. The zero-order valence-corrected chi connectivity index (χ0v) is 13.3. The Morgan fingerprint density at radius 3 is 2.71 bits per heavy atom. The maximum absolute atomic E-state index is 12.7.